The molecule has 1 atom stereocenters. The van der Waals surface area contributed by atoms with Crippen molar-refractivity contribution in [2.24, 2.45) is 0 Å². The van der Waals surface area contributed by atoms with Gasteiger partial charge in [0.05, 0.1) is 13.2 Å². The zero-order chi connectivity index (χ0) is 12.3. The highest BCUT2D eigenvalue weighted by Crippen LogP contribution is 2.29. The molecule has 0 N–H and O–H groups in total. The van der Waals surface area contributed by atoms with E-state index in [1.165, 1.54) is 25.9 Å². The van der Waals surface area contributed by atoms with Crippen molar-refractivity contribution < 1.29 is 18.7 Å². The molecule has 0 bridgehead atoms. The van der Waals surface area contributed by atoms with Crippen molar-refractivity contribution in [1.82, 2.24) is 4.90 Å². The number of methoxy groups -OCH3 is 1. The molecule has 92 valence electrons. The summed E-state index contributed by atoms with van der Waals surface area (Å²) in [5.41, 5.74) is -1.50. The quantitative estimate of drug-likeness (QED) is 0.687. The van der Waals surface area contributed by atoms with E-state index >= 15 is 0 Å². The normalized spacial score (nSPS) is 22.1. The molecule has 0 aromatic rings. The molecule has 1 heterocycles. The van der Waals surface area contributed by atoms with Crippen LogP contribution in [0, 0.1) is 0 Å². The van der Waals surface area contributed by atoms with Crippen molar-refractivity contribution in [3.8, 4) is 0 Å². The minimum Gasteiger partial charge on any atom is -0.468 e. The van der Waals surface area contributed by atoms with Crippen molar-refractivity contribution in [3.63, 3.8) is 0 Å². The predicted octanol–water partition coefficient (Wildman–Crippen LogP) is 1.29. The second kappa shape index (κ2) is 4.80. The van der Waals surface area contributed by atoms with Crippen molar-refractivity contribution in [2.75, 3.05) is 13.7 Å². The number of ether oxygens (including phenoxy) is 1. The Labute approximate surface area is 94.7 Å². The van der Waals surface area contributed by atoms with Crippen LogP contribution in [0.3, 0.4) is 0 Å². The van der Waals surface area contributed by atoms with Crippen LogP contribution in [0.25, 0.3) is 0 Å². The molecule has 16 heavy (non-hydrogen) atoms. The summed E-state index contributed by atoms with van der Waals surface area (Å²) >= 11 is 0. The fourth-order valence-electron chi connectivity index (χ4n) is 2.04. The lowest BCUT2D eigenvalue weighted by Gasteiger charge is -2.40. The standard InChI is InChI=1S/C11H18FNO3/c1-11(2,12)8-5-4-6-9(14)13(8)7-10(15)16-3/h8H,4-7H2,1-3H3. The van der Waals surface area contributed by atoms with Gasteiger partial charge in [-0.25, -0.2) is 4.39 Å². The van der Waals surface area contributed by atoms with Gasteiger partial charge in [-0.3, -0.25) is 9.59 Å². The summed E-state index contributed by atoms with van der Waals surface area (Å²) in [7, 11) is 1.26. The van der Waals surface area contributed by atoms with Gasteiger partial charge in [-0.1, -0.05) is 0 Å². The van der Waals surface area contributed by atoms with Crippen molar-refractivity contribution in [3.05, 3.63) is 0 Å². The minimum atomic E-state index is -1.50. The van der Waals surface area contributed by atoms with E-state index < -0.39 is 17.7 Å². The number of piperidine rings is 1. The molecule has 1 rings (SSSR count). The first kappa shape index (κ1) is 12.9. The number of likely N-dealkylation sites (tertiary alicyclic amines) is 1. The van der Waals surface area contributed by atoms with Crippen molar-refractivity contribution in [1.29, 1.82) is 0 Å². The van der Waals surface area contributed by atoms with E-state index in [1.807, 2.05) is 0 Å². The number of amides is 1. The van der Waals surface area contributed by atoms with Crippen LogP contribution in [-0.2, 0) is 14.3 Å². The fourth-order valence-corrected chi connectivity index (χ4v) is 2.04. The van der Waals surface area contributed by atoms with E-state index in [2.05, 4.69) is 4.74 Å². The van der Waals surface area contributed by atoms with Gasteiger partial charge in [-0.2, -0.15) is 0 Å². The molecule has 0 aromatic heterocycles. The topological polar surface area (TPSA) is 46.6 Å². The number of alkyl halides is 1. The van der Waals surface area contributed by atoms with Gasteiger partial charge in [0, 0.05) is 6.42 Å². The van der Waals surface area contributed by atoms with E-state index in [1.54, 1.807) is 0 Å². The number of nitrogens with zero attached hydrogens (tertiary/aromatic N) is 1. The Bertz CT molecular complexity index is 285. The van der Waals surface area contributed by atoms with Gasteiger partial charge in [0.25, 0.3) is 0 Å². The van der Waals surface area contributed by atoms with Crippen LogP contribution < -0.4 is 0 Å². The molecular formula is C11H18FNO3. The van der Waals surface area contributed by atoms with Gasteiger partial charge in [0.2, 0.25) is 5.91 Å². The second-order valence-corrected chi connectivity index (χ2v) is 4.57. The zero-order valence-corrected chi connectivity index (χ0v) is 9.96. The zero-order valence-electron chi connectivity index (χ0n) is 9.96. The van der Waals surface area contributed by atoms with Crippen LogP contribution in [0.5, 0.6) is 0 Å². The molecule has 1 fully saturated rings. The molecule has 0 saturated carbocycles. The van der Waals surface area contributed by atoms with Crippen LogP contribution >= 0.6 is 0 Å². The third-order valence-corrected chi connectivity index (χ3v) is 2.88. The van der Waals surface area contributed by atoms with Crippen molar-refractivity contribution >= 4 is 11.9 Å². The van der Waals surface area contributed by atoms with Crippen LogP contribution in [0.15, 0.2) is 0 Å². The molecule has 5 heteroatoms. The Morgan fingerprint density at radius 3 is 2.75 bits per heavy atom. The van der Waals surface area contributed by atoms with E-state index in [0.717, 1.165) is 0 Å². The van der Waals surface area contributed by atoms with Gasteiger partial charge in [0.1, 0.15) is 12.2 Å². The molecule has 4 nitrogen and oxygen atoms in total. The second-order valence-electron chi connectivity index (χ2n) is 4.57. The first-order valence-corrected chi connectivity index (χ1v) is 5.41. The molecule has 0 radical (unpaired) electrons. The lowest BCUT2D eigenvalue weighted by molar-refractivity contribution is -0.153. The number of halogens is 1. The predicted molar refractivity (Wildman–Crippen MR) is 56.6 cm³/mol. The summed E-state index contributed by atoms with van der Waals surface area (Å²) in [6.07, 6.45) is 1.64. The van der Waals surface area contributed by atoms with Gasteiger partial charge in [-0.05, 0) is 26.7 Å². The van der Waals surface area contributed by atoms with Crippen LogP contribution in [0.4, 0.5) is 4.39 Å². The maximum atomic E-state index is 13.9. The first-order chi connectivity index (χ1) is 7.36. The SMILES string of the molecule is COC(=O)CN1C(=O)CCCC1C(C)(C)F. The Hall–Kier alpha value is -1.13. The van der Waals surface area contributed by atoms with E-state index in [4.69, 9.17) is 0 Å². The number of carbonyl (C=O) groups excluding carboxylic acids is 2. The number of rotatable bonds is 3. The van der Waals surface area contributed by atoms with Crippen LogP contribution in [-0.4, -0.2) is 42.1 Å². The summed E-state index contributed by atoms with van der Waals surface area (Å²) in [4.78, 5) is 24.1. The Morgan fingerprint density at radius 1 is 1.62 bits per heavy atom. The number of esters is 1. The molecule has 0 aromatic carbocycles. The smallest absolute Gasteiger partial charge is 0.325 e. The summed E-state index contributed by atoms with van der Waals surface area (Å²) in [5, 5.41) is 0. The summed E-state index contributed by atoms with van der Waals surface area (Å²) in [6.45, 7) is 2.70. The highest BCUT2D eigenvalue weighted by molar-refractivity contribution is 5.83. The monoisotopic (exact) mass is 231 g/mol. The highest BCUT2D eigenvalue weighted by Gasteiger charge is 2.39. The number of carbonyl (C=O) groups is 2. The highest BCUT2D eigenvalue weighted by atomic mass is 19.1. The molecule has 1 amide bonds. The van der Waals surface area contributed by atoms with Crippen LogP contribution in [0.1, 0.15) is 33.1 Å². The first-order valence-electron chi connectivity index (χ1n) is 5.41. The van der Waals surface area contributed by atoms with Crippen LogP contribution in [0.2, 0.25) is 0 Å². The van der Waals surface area contributed by atoms with Gasteiger partial charge < -0.3 is 9.64 Å². The number of hydrogen-bond donors (Lipinski definition) is 0. The van der Waals surface area contributed by atoms with Crippen molar-refractivity contribution in [2.45, 2.75) is 44.8 Å². The lowest BCUT2D eigenvalue weighted by Crippen LogP contribution is -2.54. The van der Waals surface area contributed by atoms with Gasteiger partial charge >= 0.3 is 5.97 Å². The number of hydrogen-bond acceptors (Lipinski definition) is 3. The van der Waals surface area contributed by atoms with E-state index in [9.17, 15) is 14.0 Å². The molecule has 1 aliphatic heterocycles. The Kier molecular flexibility index (Phi) is 3.88. The average molecular weight is 231 g/mol. The van der Waals surface area contributed by atoms with E-state index in [-0.39, 0.29) is 12.5 Å². The third kappa shape index (κ3) is 2.93. The Morgan fingerprint density at radius 2 is 2.25 bits per heavy atom. The fraction of sp³-hybridized carbons (Fsp3) is 0.818. The maximum Gasteiger partial charge on any atom is 0.325 e. The largest absolute Gasteiger partial charge is 0.468 e. The minimum absolute atomic E-state index is 0.159. The van der Waals surface area contributed by atoms with E-state index in [0.29, 0.717) is 19.3 Å². The summed E-state index contributed by atoms with van der Waals surface area (Å²) in [6, 6.07) is -0.534. The molecule has 1 saturated heterocycles. The molecular weight excluding hydrogens is 213 g/mol. The molecule has 1 unspecified atom stereocenters. The van der Waals surface area contributed by atoms with Gasteiger partial charge in [0.15, 0.2) is 0 Å². The molecule has 0 aliphatic carbocycles. The summed E-state index contributed by atoms with van der Waals surface area (Å²) in [5.74, 6) is -0.683. The van der Waals surface area contributed by atoms with Gasteiger partial charge in [-0.15, -0.1) is 0 Å². The Balaban J connectivity index is 2.80. The molecule has 1 aliphatic rings. The average Bonchev–Trinajstić information content (AvgIpc) is 2.19. The maximum absolute atomic E-state index is 13.9. The molecule has 0 spiro atoms. The lowest BCUT2D eigenvalue weighted by atomic mass is 9.90. The summed E-state index contributed by atoms with van der Waals surface area (Å²) < 4.78 is 18.4. The third-order valence-electron chi connectivity index (χ3n) is 2.88.